The maximum atomic E-state index is 5.81. The third kappa shape index (κ3) is 2.08. The molecular formula is C11H15NO. The van der Waals surface area contributed by atoms with Gasteiger partial charge in [0.2, 0.25) is 0 Å². The summed E-state index contributed by atoms with van der Waals surface area (Å²) in [4.78, 5) is 0. The van der Waals surface area contributed by atoms with Crippen molar-refractivity contribution >= 4 is 0 Å². The van der Waals surface area contributed by atoms with Crippen LogP contribution in [-0.2, 0) is 4.74 Å². The van der Waals surface area contributed by atoms with Gasteiger partial charge in [-0.1, -0.05) is 30.3 Å². The van der Waals surface area contributed by atoms with Crippen LogP contribution in [0.2, 0.25) is 0 Å². The van der Waals surface area contributed by atoms with E-state index in [9.17, 15) is 0 Å². The largest absolute Gasteiger partial charge is 0.368 e. The van der Waals surface area contributed by atoms with Crippen LogP contribution >= 0.6 is 0 Å². The second-order valence-electron chi connectivity index (χ2n) is 3.47. The molecular weight excluding hydrogens is 162 g/mol. The molecule has 1 aliphatic rings. The second kappa shape index (κ2) is 3.90. The number of benzene rings is 1. The Hall–Kier alpha value is -0.860. The predicted octanol–water partition coefficient (Wildman–Crippen LogP) is 1.74. The lowest BCUT2D eigenvalue weighted by atomic mass is 10.1. The molecule has 1 aromatic carbocycles. The van der Waals surface area contributed by atoms with Gasteiger partial charge in [-0.3, -0.25) is 0 Å². The zero-order valence-corrected chi connectivity index (χ0v) is 7.86. The Balaban J connectivity index is 1.92. The molecule has 0 amide bonds. The van der Waals surface area contributed by atoms with Crippen molar-refractivity contribution in [1.82, 2.24) is 5.32 Å². The first-order valence-corrected chi connectivity index (χ1v) is 4.77. The smallest absolute Gasteiger partial charge is 0.0831 e. The molecule has 0 aliphatic carbocycles. The monoisotopic (exact) mass is 177 g/mol. The SMILES string of the molecule is CC(OC1CNC1)c1ccccc1. The van der Waals surface area contributed by atoms with Crippen LogP contribution in [0.4, 0.5) is 0 Å². The molecule has 1 saturated heterocycles. The highest BCUT2D eigenvalue weighted by atomic mass is 16.5. The molecule has 0 radical (unpaired) electrons. The molecule has 1 aromatic rings. The molecule has 0 saturated carbocycles. The van der Waals surface area contributed by atoms with E-state index in [0.717, 1.165) is 13.1 Å². The summed E-state index contributed by atoms with van der Waals surface area (Å²) >= 11 is 0. The van der Waals surface area contributed by atoms with Crippen LogP contribution in [0.1, 0.15) is 18.6 Å². The third-order valence-corrected chi connectivity index (χ3v) is 2.41. The Labute approximate surface area is 78.9 Å². The summed E-state index contributed by atoms with van der Waals surface area (Å²) in [5.41, 5.74) is 1.26. The number of nitrogens with one attached hydrogen (secondary N) is 1. The van der Waals surface area contributed by atoms with Crippen LogP contribution in [0.15, 0.2) is 30.3 Å². The van der Waals surface area contributed by atoms with Gasteiger partial charge in [0.25, 0.3) is 0 Å². The quantitative estimate of drug-likeness (QED) is 0.759. The summed E-state index contributed by atoms with van der Waals surface area (Å²) in [5, 5.41) is 3.19. The number of hydrogen-bond acceptors (Lipinski definition) is 2. The van der Waals surface area contributed by atoms with Crippen molar-refractivity contribution < 1.29 is 4.74 Å². The van der Waals surface area contributed by atoms with Crippen molar-refractivity contribution in [2.45, 2.75) is 19.1 Å². The highest BCUT2D eigenvalue weighted by molar-refractivity contribution is 5.16. The van der Waals surface area contributed by atoms with Crippen molar-refractivity contribution in [3.05, 3.63) is 35.9 Å². The van der Waals surface area contributed by atoms with Gasteiger partial charge in [-0.25, -0.2) is 0 Å². The highest BCUT2D eigenvalue weighted by Crippen LogP contribution is 2.18. The van der Waals surface area contributed by atoms with Crippen LogP contribution in [-0.4, -0.2) is 19.2 Å². The molecule has 2 nitrogen and oxygen atoms in total. The van der Waals surface area contributed by atoms with Gasteiger partial charge in [-0.2, -0.15) is 0 Å². The second-order valence-corrected chi connectivity index (χ2v) is 3.47. The minimum absolute atomic E-state index is 0.216. The zero-order chi connectivity index (χ0) is 9.10. The van der Waals surface area contributed by atoms with Gasteiger partial charge < -0.3 is 10.1 Å². The van der Waals surface area contributed by atoms with Gasteiger partial charge in [0.15, 0.2) is 0 Å². The van der Waals surface area contributed by atoms with Gasteiger partial charge >= 0.3 is 0 Å². The molecule has 1 heterocycles. The molecule has 1 aliphatic heterocycles. The fourth-order valence-electron chi connectivity index (χ4n) is 1.45. The Morgan fingerprint density at radius 2 is 2.00 bits per heavy atom. The van der Waals surface area contributed by atoms with E-state index in [0.29, 0.717) is 6.10 Å². The average Bonchev–Trinajstić information content (AvgIpc) is 2.12. The standard InChI is InChI=1S/C11H15NO/c1-9(13-11-7-12-8-11)10-5-3-2-4-6-10/h2-6,9,11-12H,7-8H2,1H3. The first-order chi connectivity index (χ1) is 6.36. The molecule has 1 N–H and O–H groups in total. The van der Waals surface area contributed by atoms with Crippen LogP contribution < -0.4 is 5.32 Å². The Morgan fingerprint density at radius 3 is 2.54 bits per heavy atom. The number of hydrogen-bond donors (Lipinski definition) is 1. The van der Waals surface area contributed by atoms with E-state index in [1.54, 1.807) is 0 Å². The van der Waals surface area contributed by atoms with Crippen molar-refractivity contribution in [2.75, 3.05) is 13.1 Å². The molecule has 1 unspecified atom stereocenters. The molecule has 2 heteroatoms. The maximum Gasteiger partial charge on any atom is 0.0831 e. The summed E-state index contributed by atoms with van der Waals surface area (Å²) in [6.07, 6.45) is 0.628. The Bertz CT molecular complexity index is 256. The van der Waals surface area contributed by atoms with Crippen LogP contribution in [0.5, 0.6) is 0 Å². The fourth-order valence-corrected chi connectivity index (χ4v) is 1.45. The summed E-state index contributed by atoms with van der Waals surface area (Å²) in [6, 6.07) is 10.3. The molecule has 0 aromatic heterocycles. The predicted molar refractivity (Wildman–Crippen MR) is 52.6 cm³/mol. The van der Waals surface area contributed by atoms with Gasteiger partial charge in [0.05, 0.1) is 12.2 Å². The lowest BCUT2D eigenvalue weighted by molar-refractivity contribution is -0.0302. The van der Waals surface area contributed by atoms with Crippen molar-refractivity contribution in [2.24, 2.45) is 0 Å². The third-order valence-electron chi connectivity index (χ3n) is 2.41. The van der Waals surface area contributed by atoms with Crippen LogP contribution in [0, 0.1) is 0 Å². The van der Waals surface area contributed by atoms with E-state index in [4.69, 9.17) is 4.74 Å². The minimum atomic E-state index is 0.216. The Kier molecular flexibility index (Phi) is 2.62. The van der Waals surface area contributed by atoms with E-state index in [2.05, 4.69) is 24.4 Å². The van der Waals surface area contributed by atoms with Crippen LogP contribution in [0.3, 0.4) is 0 Å². The molecule has 0 spiro atoms. The highest BCUT2D eigenvalue weighted by Gasteiger charge is 2.20. The number of ether oxygens (including phenoxy) is 1. The maximum absolute atomic E-state index is 5.81. The van der Waals surface area contributed by atoms with E-state index in [1.807, 2.05) is 18.2 Å². The topological polar surface area (TPSA) is 21.3 Å². The first kappa shape index (κ1) is 8.73. The minimum Gasteiger partial charge on any atom is -0.368 e. The van der Waals surface area contributed by atoms with Gasteiger partial charge in [-0.15, -0.1) is 0 Å². The fraction of sp³-hybridized carbons (Fsp3) is 0.455. The summed E-state index contributed by atoms with van der Waals surface area (Å²) in [7, 11) is 0. The van der Waals surface area contributed by atoms with Crippen molar-refractivity contribution in [3.8, 4) is 0 Å². The molecule has 70 valence electrons. The van der Waals surface area contributed by atoms with Crippen molar-refractivity contribution in [1.29, 1.82) is 0 Å². The lowest BCUT2D eigenvalue weighted by Crippen LogP contribution is -2.48. The molecule has 0 bridgehead atoms. The summed E-state index contributed by atoms with van der Waals surface area (Å²) in [5.74, 6) is 0. The van der Waals surface area contributed by atoms with Gasteiger partial charge in [0, 0.05) is 13.1 Å². The number of rotatable bonds is 3. The molecule has 2 rings (SSSR count). The van der Waals surface area contributed by atoms with E-state index in [-0.39, 0.29) is 6.10 Å². The summed E-state index contributed by atoms with van der Waals surface area (Å²) < 4.78 is 5.81. The molecule has 1 atom stereocenters. The molecule has 1 fully saturated rings. The van der Waals surface area contributed by atoms with Crippen LogP contribution in [0.25, 0.3) is 0 Å². The van der Waals surface area contributed by atoms with Gasteiger partial charge in [-0.05, 0) is 12.5 Å². The first-order valence-electron chi connectivity index (χ1n) is 4.77. The van der Waals surface area contributed by atoms with E-state index >= 15 is 0 Å². The van der Waals surface area contributed by atoms with Gasteiger partial charge in [0.1, 0.15) is 0 Å². The normalized spacial score (nSPS) is 19.5. The van der Waals surface area contributed by atoms with E-state index in [1.165, 1.54) is 5.56 Å². The average molecular weight is 177 g/mol. The zero-order valence-electron chi connectivity index (χ0n) is 7.86. The summed E-state index contributed by atoms with van der Waals surface area (Å²) in [6.45, 7) is 4.10. The lowest BCUT2D eigenvalue weighted by Gasteiger charge is -2.30. The van der Waals surface area contributed by atoms with Crippen molar-refractivity contribution in [3.63, 3.8) is 0 Å². The van der Waals surface area contributed by atoms with E-state index < -0.39 is 0 Å². The molecule has 13 heavy (non-hydrogen) atoms. The Morgan fingerprint density at radius 1 is 1.31 bits per heavy atom.